The molecule has 0 amide bonds. The van der Waals surface area contributed by atoms with Crippen LogP contribution in [0.25, 0.3) is 11.4 Å². The second-order valence-electron chi connectivity index (χ2n) is 7.47. The molecule has 0 aliphatic heterocycles. The molecule has 0 saturated carbocycles. The normalized spacial score (nSPS) is 14.5. The van der Waals surface area contributed by atoms with Gasteiger partial charge in [0.05, 0.1) is 5.69 Å². The van der Waals surface area contributed by atoms with Gasteiger partial charge in [0.25, 0.3) is 0 Å². The van der Waals surface area contributed by atoms with Crippen molar-refractivity contribution in [3.05, 3.63) is 77.4 Å². The molecule has 162 valence electrons. The number of hydrogen-bond donors (Lipinski definition) is 2. The number of allylic oxidation sites excluding steroid dienone is 8. The summed E-state index contributed by atoms with van der Waals surface area (Å²) in [5, 5.41) is 11.3. The van der Waals surface area contributed by atoms with E-state index in [2.05, 4.69) is 51.7 Å². The molecular weight excluding hydrogens is 389 g/mol. The summed E-state index contributed by atoms with van der Waals surface area (Å²) in [7, 11) is 0. The lowest BCUT2D eigenvalue weighted by Gasteiger charge is -2.09. The number of halogens is 1. The van der Waals surface area contributed by atoms with Crippen LogP contribution in [0.2, 0.25) is 0 Å². The van der Waals surface area contributed by atoms with Gasteiger partial charge in [0.2, 0.25) is 0 Å². The number of anilines is 1. The molecule has 31 heavy (non-hydrogen) atoms. The lowest BCUT2D eigenvalue weighted by molar-refractivity contribution is 0.660. The molecule has 1 heterocycles. The van der Waals surface area contributed by atoms with Crippen molar-refractivity contribution in [2.45, 2.75) is 51.9 Å². The summed E-state index contributed by atoms with van der Waals surface area (Å²) in [5.41, 5.74) is 7.06. The number of hydrogen-bond acceptors (Lipinski definition) is 4. The van der Waals surface area contributed by atoms with Gasteiger partial charge in [-0.25, -0.2) is 9.37 Å². The maximum atomic E-state index is 13.5. The Balaban J connectivity index is 1.73. The lowest BCUT2D eigenvalue weighted by Crippen LogP contribution is -1.96. The van der Waals surface area contributed by atoms with Crippen LogP contribution in [0.3, 0.4) is 0 Å². The largest absolute Gasteiger partial charge is 0.279 e. The SMILES string of the molecule is C=NNc1ccc(-c2n[nH]c(CC3=CCCCC=C3)n2)cc1CC/C=C\C(F)=C/CC. The van der Waals surface area contributed by atoms with Gasteiger partial charge in [0, 0.05) is 18.7 Å². The Morgan fingerprint density at radius 1 is 1.35 bits per heavy atom. The van der Waals surface area contributed by atoms with Crippen LogP contribution in [0.15, 0.2) is 71.2 Å². The molecular formula is C25H30FN5. The molecule has 1 aromatic heterocycles. The van der Waals surface area contributed by atoms with Crippen molar-refractivity contribution in [3.8, 4) is 11.4 Å². The Bertz CT molecular complexity index is 997. The fourth-order valence-electron chi connectivity index (χ4n) is 3.49. The smallest absolute Gasteiger partial charge is 0.181 e. The van der Waals surface area contributed by atoms with Gasteiger partial charge in [-0.3, -0.25) is 10.5 Å². The molecule has 0 spiro atoms. The maximum absolute atomic E-state index is 13.5. The first-order valence-electron chi connectivity index (χ1n) is 10.8. The first kappa shape index (κ1) is 22.4. The van der Waals surface area contributed by atoms with Crippen molar-refractivity contribution in [1.29, 1.82) is 0 Å². The minimum atomic E-state index is -0.200. The predicted octanol–water partition coefficient (Wildman–Crippen LogP) is 6.46. The zero-order valence-electron chi connectivity index (χ0n) is 18.1. The molecule has 5 nitrogen and oxygen atoms in total. The first-order valence-corrected chi connectivity index (χ1v) is 10.8. The average molecular weight is 420 g/mol. The van der Waals surface area contributed by atoms with Gasteiger partial charge in [-0.2, -0.15) is 10.2 Å². The van der Waals surface area contributed by atoms with Crippen molar-refractivity contribution in [2.24, 2.45) is 5.10 Å². The molecule has 0 saturated heterocycles. The van der Waals surface area contributed by atoms with Gasteiger partial charge in [0.15, 0.2) is 5.82 Å². The number of hydrazone groups is 1. The molecule has 0 fully saturated rings. The molecule has 1 aliphatic carbocycles. The molecule has 3 rings (SSSR count). The van der Waals surface area contributed by atoms with E-state index in [1.54, 1.807) is 6.08 Å². The van der Waals surface area contributed by atoms with Crippen LogP contribution in [-0.4, -0.2) is 21.9 Å². The summed E-state index contributed by atoms with van der Waals surface area (Å²) in [6.45, 7) is 5.43. The Kier molecular flexibility index (Phi) is 8.52. The molecule has 6 heteroatoms. The van der Waals surface area contributed by atoms with E-state index in [9.17, 15) is 4.39 Å². The van der Waals surface area contributed by atoms with Crippen molar-refractivity contribution in [2.75, 3.05) is 5.43 Å². The number of aromatic amines is 1. The highest BCUT2D eigenvalue weighted by Crippen LogP contribution is 2.25. The van der Waals surface area contributed by atoms with E-state index in [1.807, 2.05) is 25.1 Å². The predicted molar refractivity (Wildman–Crippen MR) is 127 cm³/mol. The average Bonchev–Trinajstić information content (AvgIpc) is 3.07. The molecule has 0 bridgehead atoms. The number of rotatable bonds is 10. The second-order valence-corrected chi connectivity index (χ2v) is 7.47. The Morgan fingerprint density at radius 2 is 2.26 bits per heavy atom. The number of H-pyrrole nitrogens is 1. The third-order valence-electron chi connectivity index (χ3n) is 5.04. The van der Waals surface area contributed by atoms with Crippen molar-refractivity contribution < 1.29 is 4.39 Å². The van der Waals surface area contributed by atoms with Gasteiger partial charge in [-0.1, -0.05) is 31.2 Å². The summed E-state index contributed by atoms with van der Waals surface area (Å²) in [5.74, 6) is 1.32. The number of aromatic nitrogens is 3. The second kappa shape index (κ2) is 11.8. The van der Waals surface area contributed by atoms with Gasteiger partial charge < -0.3 is 0 Å². The Labute approximate surface area is 183 Å². The minimum absolute atomic E-state index is 0.200. The highest BCUT2D eigenvalue weighted by molar-refractivity contribution is 5.64. The minimum Gasteiger partial charge on any atom is -0.279 e. The van der Waals surface area contributed by atoms with E-state index in [4.69, 9.17) is 4.98 Å². The van der Waals surface area contributed by atoms with Crippen LogP contribution in [0.5, 0.6) is 0 Å². The maximum Gasteiger partial charge on any atom is 0.181 e. The van der Waals surface area contributed by atoms with Crippen LogP contribution in [0, 0.1) is 0 Å². The quantitative estimate of drug-likeness (QED) is 0.264. The van der Waals surface area contributed by atoms with Gasteiger partial charge in [-0.05, 0) is 80.0 Å². The third-order valence-corrected chi connectivity index (χ3v) is 5.04. The van der Waals surface area contributed by atoms with Crippen LogP contribution < -0.4 is 5.43 Å². The fraction of sp³-hybridized carbons (Fsp3) is 0.320. The van der Waals surface area contributed by atoms with Crippen molar-refractivity contribution in [3.63, 3.8) is 0 Å². The lowest BCUT2D eigenvalue weighted by atomic mass is 10.0. The summed E-state index contributed by atoms with van der Waals surface area (Å²) in [4.78, 5) is 4.69. The number of benzene rings is 1. The monoisotopic (exact) mass is 419 g/mol. The van der Waals surface area contributed by atoms with Crippen molar-refractivity contribution >= 4 is 12.4 Å². The molecule has 1 aliphatic rings. The highest BCUT2D eigenvalue weighted by Gasteiger charge is 2.10. The van der Waals surface area contributed by atoms with E-state index < -0.39 is 0 Å². The Morgan fingerprint density at radius 3 is 3.10 bits per heavy atom. The summed E-state index contributed by atoms with van der Waals surface area (Å²) >= 11 is 0. The number of nitrogens with zero attached hydrogens (tertiary/aromatic N) is 3. The molecule has 0 unspecified atom stereocenters. The van der Waals surface area contributed by atoms with Crippen LogP contribution in [-0.2, 0) is 12.8 Å². The van der Waals surface area contributed by atoms with Crippen LogP contribution in [0.4, 0.5) is 10.1 Å². The van der Waals surface area contributed by atoms with Crippen LogP contribution >= 0.6 is 0 Å². The molecule has 2 aromatic rings. The molecule has 2 N–H and O–H groups in total. The number of aryl methyl sites for hydroxylation is 1. The topological polar surface area (TPSA) is 66.0 Å². The van der Waals surface area contributed by atoms with E-state index in [0.717, 1.165) is 48.3 Å². The van der Waals surface area contributed by atoms with E-state index in [0.29, 0.717) is 18.7 Å². The van der Waals surface area contributed by atoms with Gasteiger partial charge in [-0.15, -0.1) is 0 Å². The summed E-state index contributed by atoms with van der Waals surface area (Å²) < 4.78 is 13.5. The molecule has 0 atom stereocenters. The number of nitrogens with one attached hydrogen (secondary N) is 2. The van der Waals surface area contributed by atoms with Gasteiger partial charge in [0.1, 0.15) is 11.7 Å². The molecule has 0 radical (unpaired) electrons. The zero-order valence-corrected chi connectivity index (χ0v) is 18.1. The first-order chi connectivity index (χ1) is 15.2. The van der Waals surface area contributed by atoms with E-state index in [1.165, 1.54) is 18.1 Å². The van der Waals surface area contributed by atoms with Crippen molar-refractivity contribution in [1.82, 2.24) is 15.2 Å². The molecule has 1 aromatic carbocycles. The van der Waals surface area contributed by atoms with Crippen LogP contribution in [0.1, 0.15) is 50.4 Å². The van der Waals surface area contributed by atoms with E-state index >= 15 is 0 Å². The zero-order chi connectivity index (χ0) is 21.9. The highest BCUT2D eigenvalue weighted by atomic mass is 19.1. The Hall–Kier alpha value is -3.28. The fourth-order valence-corrected chi connectivity index (χ4v) is 3.49. The van der Waals surface area contributed by atoms with E-state index in [-0.39, 0.29) is 5.83 Å². The summed E-state index contributed by atoms with van der Waals surface area (Å²) in [6.07, 6.45) is 17.9. The third kappa shape index (κ3) is 6.88. The standard InChI is InChI=1S/C25H30FN5/c1-3-10-22(26)14-9-8-13-20-18-21(15-16-23(20)29-27-2)25-28-24(30-31-25)17-19-11-6-4-5-7-12-19/h6,9-12,14-16,18,29H,2-5,7-8,13,17H2,1H3,(H,28,30,31)/b14-9-,22-10+. The van der Waals surface area contributed by atoms with Gasteiger partial charge >= 0.3 is 0 Å². The summed E-state index contributed by atoms with van der Waals surface area (Å²) in [6, 6.07) is 5.97.